The Bertz CT molecular complexity index is 578. The third-order valence-corrected chi connectivity index (χ3v) is 4.37. The van der Waals surface area contributed by atoms with Gasteiger partial charge in [0.15, 0.2) is 0 Å². The Morgan fingerprint density at radius 3 is 1.57 bits per heavy atom. The second-order valence-electron chi connectivity index (χ2n) is 4.74. The van der Waals surface area contributed by atoms with E-state index in [1.807, 2.05) is 24.3 Å². The number of hydrogen-bond acceptors (Lipinski definition) is 2. The van der Waals surface area contributed by atoms with Gasteiger partial charge in [0.2, 0.25) is 0 Å². The molecule has 2 nitrogen and oxygen atoms in total. The third-order valence-electron chi connectivity index (χ3n) is 3.20. The number of benzene rings is 2. The van der Waals surface area contributed by atoms with Crippen LogP contribution in [0.25, 0.3) is 0 Å². The Balaban J connectivity index is 2.13. The van der Waals surface area contributed by atoms with Crippen LogP contribution in [0.1, 0.15) is 11.1 Å². The number of nitrogens with one attached hydrogen (secondary N) is 1. The highest BCUT2D eigenvalue weighted by Gasteiger charge is 2.13. The minimum atomic E-state index is 0.00218. The molecule has 0 spiro atoms. The van der Waals surface area contributed by atoms with Crippen molar-refractivity contribution < 1.29 is 0 Å². The summed E-state index contributed by atoms with van der Waals surface area (Å²) >= 11 is 24.2. The Labute approximate surface area is 144 Å². The molecule has 0 unspecified atom stereocenters. The zero-order valence-corrected chi connectivity index (χ0v) is 14.1. The van der Waals surface area contributed by atoms with Crippen LogP contribution in [-0.4, -0.2) is 6.04 Å². The maximum absolute atomic E-state index is 6.19. The minimum absolute atomic E-state index is 0.00218. The topological polar surface area (TPSA) is 38.0 Å². The fourth-order valence-corrected chi connectivity index (χ4v) is 3.07. The highest BCUT2D eigenvalue weighted by atomic mass is 35.5. The van der Waals surface area contributed by atoms with Gasteiger partial charge in [0.1, 0.15) is 0 Å². The van der Waals surface area contributed by atoms with E-state index in [0.29, 0.717) is 32.9 Å². The van der Waals surface area contributed by atoms with E-state index in [2.05, 4.69) is 5.43 Å². The third kappa shape index (κ3) is 4.75. The summed E-state index contributed by atoms with van der Waals surface area (Å²) in [6, 6.07) is 10.9. The van der Waals surface area contributed by atoms with Gasteiger partial charge in [-0.2, -0.15) is 0 Å². The summed E-state index contributed by atoms with van der Waals surface area (Å²) < 4.78 is 0. The van der Waals surface area contributed by atoms with Crippen molar-refractivity contribution in [3.05, 3.63) is 67.6 Å². The molecule has 21 heavy (non-hydrogen) atoms. The van der Waals surface area contributed by atoms with Gasteiger partial charge in [0.05, 0.1) is 0 Å². The molecule has 0 bridgehead atoms. The smallest absolute Gasteiger partial charge is 0.0453 e. The van der Waals surface area contributed by atoms with Crippen LogP contribution in [0.2, 0.25) is 20.1 Å². The first-order chi connectivity index (χ1) is 9.99. The van der Waals surface area contributed by atoms with E-state index in [1.165, 1.54) is 0 Å². The van der Waals surface area contributed by atoms with Crippen LogP contribution in [0.5, 0.6) is 0 Å². The Morgan fingerprint density at radius 1 is 0.810 bits per heavy atom. The quantitative estimate of drug-likeness (QED) is 0.584. The average Bonchev–Trinajstić information content (AvgIpc) is 2.43. The first kappa shape index (κ1) is 16.9. The second kappa shape index (κ2) is 7.68. The van der Waals surface area contributed by atoms with Crippen LogP contribution in [0.15, 0.2) is 36.4 Å². The first-order valence-electron chi connectivity index (χ1n) is 6.33. The number of hydrazine groups is 1. The molecule has 0 saturated heterocycles. The van der Waals surface area contributed by atoms with Crippen LogP contribution in [0.3, 0.4) is 0 Å². The van der Waals surface area contributed by atoms with Crippen molar-refractivity contribution in [2.24, 2.45) is 5.84 Å². The number of rotatable bonds is 5. The summed E-state index contributed by atoms with van der Waals surface area (Å²) in [6.07, 6.45) is 1.34. The zero-order chi connectivity index (χ0) is 15.4. The lowest BCUT2D eigenvalue weighted by Gasteiger charge is -2.18. The molecule has 2 rings (SSSR count). The molecule has 0 aliphatic carbocycles. The molecule has 0 atom stereocenters. The van der Waals surface area contributed by atoms with E-state index < -0.39 is 0 Å². The largest absolute Gasteiger partial charge is 0.271 e. The number of hydrogen-bond donors (Lipinski definition) is 2. The highest BCUT2D eigenvalue weighted by molar-refractivity contribution is 6.35. The lowest BCUT2D eigenvalue weighted by Crippen LogP contribution is -2.38. The number of halogens is 4. The molecule has 3 N–H and O–H groups in total. The van der Waals surface area contributed by atoms with Crippen molar-refractivity contribution in [2.75, 3.05) is 0 Å². The molecule has 2 aromatic carbocycles. The maximum Gasteiger partial charge on any atom is 0.0453 e. The molecule has 112 valence electrons. The molecule has 0 saturated carbocycles. The van der Waals surface area contributed by atoms with Crippen LogP contribution in [-0.2, 0) is 12.8 Å². The average molecular weight is 364 g/mol. The molecular formula is C15H14Cl4N2. The molecule has 0 aliphatic heterocycles. The van der Waals surface area contributed by atoms with E-state index >= 15 is 0 Å². The van der Waals surface area contributed by atoms with E-state index in [0.717, 1.165) is 11.1 Å². The van der Waals surface area contributed by atoms with Crippen molar-refractivity contribution in [3.8, 4) is 0 Å². The van der Waals surface area contributed by atoms with Crippen LogP contribution in [0.4, 0.5) is 0 Å². The summed E-state index contributed by atoms with van der Waals surface area (Å²) in [5.41, 5.74) is 4.76. The molecule has 0 aromatic heterocycles. The summed E-state index contributed by atoms with van der Waals surface area (Å²) in [5, 5.41) is 2.48. The van der Waals surface area contributed by atoms with Gasteiger partial charge in [-0.25, -0.2) is 0 Å². The lowest BCUT2D eigenvalue weighted by molar-refractivity contribution is 0.522. The van der Waals surface area contributed by atoms with Crippen LogP contribution >= 0.6 is 46.4 Å². The molecule has 0 heterocycles. The Morgan fingerprint density at radius 2 is 1.24 bits per heavy atom. The molecule has 6 heteroatoms. The van der Waals surface area contributed by atoms with Crippen molar-refractivity contribution >= 4 is 46.4 Å². The van der Waals surface area contributed by atoms with Crippen molar-refractivity contribution in [1.29, 1.82) is 0 Å². The molecule has 0 amide bonds. The molecular weight excluding hydrogens is 350 g/mol. The fourth-order valence-electron chi connectivity index (χ4n) is 2.10. The zero-order valence-electron chi connectivity index (χ0n) is 11.0. The van der Waals surface area contributed by atoms with Gasteiger partial charge in [0, 0.05) is 26.1 Å². The predicted octanol–water partition coefficient (Wildman–Crippen LogP) is 4.92. The van der Waals surface area contributed by atoms with Crippen molar-refractivity contribution in [1.82, 2.24) is 5.43 Å². The van der Waals surface area contributed by atoms with Gasteiger partial charge in [-0.1, -0.05) is 58.5 Å². The molecule has 0 fully saturated rings. The van der Waals surface area contributed by atoms with Crippen molar-refractivity contribution in [2.45, 2.75) is 18.9 Å². The normalized spacial score (nSPS) is 11.1. The van der Waals surface area contributed by atoms with Crippen molar-refractivity contribution in [3.63, 3.8) is 0 Å². The monoisotopic (exact) mass is 362 g/mol. The molecule has 0 radical (unpaired) electrons. The summed E-state index contributed by atoms with van der Waals surface area (Å²) in [4.78, 5) is 0. The fraction of sp³-hybridized carbons (Fsp3) is 0.200. The van der Waals surface area contributed by atoms with E-state index in [1.54, 1.807) is 12.1 Å². The van der Waals surface area contributed by atoms with Crippen LogP contribution in [0, 0.1) is 0 Å². The van der Waals surface area contributed by atoms with Gasteiger partial charge in [0.25, 0.3) is 0 Å². The van der Waals surface area contributed by atoms with Gasteiger partial charge >= 0.3 is 0 Å². The highest BCUT2D eigenvalue weighted by Crippen LogP contribution is 2.25. The first-order valence-corrected chi connectivity index (χ1v) is 7.84. The molecule has 0 aliphatic rings. The van der Waals surface area contributed by atoms with E-state index in [4.69, 9.17) is 52.2 Å². The van der Waals surface area contributed by atoms with Gasteiger partial charge in [-0.3, -0.25) is 11.3 Å². The standard InChI is InChI=1S/C15H14Cl4N2/c16-11-3-1-9(14(18)7-11)5-13(21-20)6-10-2-4-12(17)8-15(10)19/h1-4,7-8,13,21H,5-6,20H2. The second-order valence-corrected chi connectivity index (χ2v) is 6.43. The van der Waals surface area contributed by atoms with Gasteiger partial charge in [-0.05, 0) is 48.2 Å². The summed E-state index contributed by atoms with van der Waals surface area (Å²) in [5.74, 6) is 5.64. The van der Waals surface area contributed by atoms with E-state index in [-0.39, 0.29) is 6.04 Å². The van der Waals surface area contributed by atoms with Crippen LogP contribution < -0.4 is 11.3 Å². The van der Waals surface area contributed by atoms with Gasteiger partial charge < -0.3 is 0 Å². The van der Waals surface area contributed by atoms with E-state index in [9.17, 15) is 0 Å². The lowest BCUT2D eigenvalue weighted by atomic mass is 9.99. The predicted molar refractivity (Wildman–Crippen MR) is 91.4 cm³/mol. The summed E-state index contributed by atoms with van der Waals surface area (Å²) in [6.45, 7) is 0. The molecule has 2 aromatic rings. The SMILES string of the molecule is NNC(Cc1ccc(Cl)cc1Cl)Cc1ccc(Cl)cc1Cl. The Hall–Kier alpha value is -0.480. The maximum atomic E-state index is 6.19. The minimum Gasteiger partial charge on any atom is -0.271 e. The van der Waals surface area contributed by atoms with Gasteiger partial charge in [-0.15, -0.1) is 0 Å². The number of nitrogens with two attached hydrogens (primary N) is 1. The Kier molecular flexibility index (Phi) is 6.18. The summed E-state index contributed by atoms with van der Waals surface area (Å²) in [7, 11) is 0.